The van der Waals surface area contributed by atoms with Gasteiger partial charge in [0.05, 0.1) is 17.1 Å². The first-order valence-corrected chi connectivity index (χ1v) is 13.7. The van der Waals surface area contributed by atoms with Gasteiger partial charge >= 0.3 is 5.97 Å². The molecule has 7 nitrogen and oxygen atoms in total. The van der Waals surface area contributed by atoms with E-state index in [1.54, 1.807) is 11.2 Å². The van der Waals surface area contributed by atoms with Crippen molar-refractivity contribution in [3.05, 3.63) is 45.8 Å². The van der Waals surface area contributed by atoms with Crippen molar-refractivity contribution in [2.24, 2.45) is 11.8 Å². The van der Waals surface area contributed by atoms with Crippen LogP contribution in [0.25, 0.3) is 0 Å². The van der Waals surface area contributed by atoms with Crippen LogP contribution < -0.4 is 5.32 Å². The molecule has 178 valence electrons. The summed E-state index contributed by atoms with van der Waals surface area (Å²) in [5, 5.41) is 3.34. The number of aryl methyl sites for hydroxylation is 1. The molecule has 0 unspecified atom stereocenters. The Morgan fingerprint density at radius 1 is 1.12 bits per heavy atom. The molecule has 1 amide bonds. The van der Waals surface area contributed by atoms with E-state index in [2.05, 4.69) is 19.2 Å². The fraction of sp³-hybridized carbons (Fsp3) is 0.500. The van der Waals surface area contributed by atoms with Gasteiger partial charge in [-0.25, -0.2) is 13.2 Å². The van der Waals surface area contributed by atoms with Crippen molar-refractivity contribution < 1.29 is 22.7 Å². The molecule has 1 aliphatic heterocycles. The van der Waals surface area contributed by atoms with Crippen molar-refractivity contribution in [2.45, 2.75) is 51.3 Å². The third kappa shape index (κ3) is 4.85. The Bertz CT molecular complexity index is 1140. The van der Waals surface area contributed by atoms with Gasteiger partial charge in [0.25, 0.3) is 5.91 Å². The Morgan fingerprint density at radius 3 is 2.42 bits per heavy atom. The molecule has 33 heavy (non-hydrogen) atoms. The molecule has 1 fully saturated rings. The van der Waals surface area contributed by atoms with Gasteiger partial charge in [-0.15, -0.1) is 11.3 Å². The van der Waals surface area contributed by atoms with Gasteiger partial charge in [0, 0.05) is 23.5 Å². The number of hydrogen-bond acceptors (Lipinski definition) is 6. The van der Waals surface area contributed by atoms with Crippen LogP contribution in [-0.4, -0.2) is 44.3 Å². The molecule has 0 spiro atoms. The SMILES string of the molecule is CCOC(=O)c1c(NC(=O)c2ccc(S(=O)(=O)N3C[C@H](C)C[C@@H](C)C3)cc2)sc2c1CCC2. The van der Waals surface area contributed by atoms with Gasteiger partial charge < -0.3 is 10.1 Å². The van der Waals surface area contributed by atoms with Gasteiger partial charge in [-0.05, 0) is 74.3 Å². The van der Waals surface area contributed by atoms with E-state index in [-0.39, 0.29) is 17.4 Å². The summed E-state index contributed by atoms with van der Waals surface area (Å²) >= 11 is 1.42. The van der Waals surface area contributed by atoms with Gasteiger partial charge in [0.15, 0.2) is 0 Å². The Hall–Kier alpha value is -2.23. The van der Waals surface area contributed by atoms with Crippen LogP contribution in [0.3, 0.4) is 0 Å². The van der Waals surface area contributed by atoms with Crippen molar-refractivity contribution >= 4 is 38.2 Å². The van der Waals surface area contributed by atoms with E-state index in [1.807, 2.05) is 0 Å². The van der Waals surface area contributed by atoms with Crippen molar-refractivity contribution in [2.75, 3.05) is 25.0 Å². The van der Waals surface area contributed by atoms with Gasteiger partial charge in [-0.3, -0.25) is 4.79 Å². The third-order valence-electron chi connectivity index (χ3n) is 6.22. The van der Waals surface area contributed by atoms with E-state index in [0.717, 1.165) is 36.1 Å². The summed E-state index contributed by atoms with van der Waals surface area (Å²) in [6.45, 7) is 7.17. The van der Waals surface area contributed by atoms with Crippen LogP contribution in [0.2, 0.25) is 0 Å². The second-order valence-electron chi connectivity index (χ2n) is 9.03. The molecule has 1 aromatic carbocycles. The van der Waals surface area contributed by atoms with Crippen molar-refractivity contribution in [1.82, 2.24) is 4.31 Å². The molecule has 2 heterocycles. The average molecular weight is 491 g/mol. The van der Waals surface area contributed by atoms with Crippen molar-refractivity contribution in [3.63, 3.8) is 0 Å². The highest BCUT2D eigenvalue weighted by Crippen LogP contribution is 2.39. The summed E-state index contributed by atoms with van der Waals surface area (Å²) in [4.78, 5) is 26.7. The quantitative estimate of drug-likeness (QED) is 0.609. The largest absolute Gasteiger partial charge is 0.462 e. The molecule has 9 heteroatoms. The van der Waals surface area contributed by atoms with Gasteiger partial charge in [-0.1, -0.05) is 13.8 Å². The van der Waals surface area contributed by atoms with E-state index in [9.17, 15) is 18.0 Å². The second-order valence-corrected chi connectivity index (χ2v) is 12.1. The zero-order valence-corrected chi connectivity index (χ0v) is 20.9. The van der Waals surface area contributed by atoms with Crippen molar-refractivity contribution in [3.8, 4) is 0 Å². The Balaban J connectivity index is 1.52. The van der Waals surface area contributed by atoms with E-state index >= 15 is 0 Å². The molecule has 1 N–H and O–H groups in total. The number of nitrogens with one attached hydrogen (secondary N) is 1. The standard InChI is InChI=1S/C24H30N2O5S2/c1-4-31-24(28)21-19-6-5-7-20(19)32-23(21)25-22(27)17-8-10-18(11-9-17)33(29,30)26-13-15(2)12-16(3)14-26/h8-11,15-16H,4-7,12-14H2,1-3H3,(H,25,27)/t15-,16-/m1/s1. The van der Waals surface area contributed by atoms with Crippen LogP contribution in [0, 0.1) is 11.8 Å². The number of ether oxygens (including phenoxy) is 1. The van der Waals surface area contributed by atoms with E-state index in [0.29, 0.717) is 41.1 Å². The van der Waals surface area contributed by atoms with E-state index in [1.165, 1.54) is 35.6 Å². The highest BCUT2D eigenvalue weighted by Gasteiger charge is 2.32. The molecule has 1 saturated heterocycles. The second kappa shape index (κ2) is 9.56. The number of thiophene rings is 1. The molecular formula is C24H30N2O5S2. The van der Waals surface area contributed by atoms with Crippen molar-refractivity contribution in [1.29, 1.82) is 0 Å². The lowest BCUT2D eigenvalue weighted by Crippen LogP contribution is -2.42. The first kappa shape index (κ1) is 23.9. The minimum atomic E-state index is -3.61. The molecule has 4 rings (SSSR count). The van der Waals surface area contributed by atoms with Crippen LogP contribution in [0.15, 0.2) is 29.2 Å². The monoisotopic (exact) mass is 490 g/mol. The first-order valence-electron chi connectivity index (χ1n) is 11.4. The van der Waals surface area contributed by atoms with Gasteiger partial charge in [0.2, 0.25) is 10.0 Å². The average Bonchev–Trinajstić information content (AvgIpc) is 3.34. The number of carbonyl (C=O) groups is 2. The molecule has 2 aromatic rings. The Kier molecular flexibility index (Phi) is 6.93. The molecule has 0 radical (unpaired) electrons. The number of sulfonamides is 1. The van der Waals surface area contributed by atoms with Crippen LogP contribution >= 0.6 is 11.3 Å². The molecule has 0 bridgehead atoms. The summed E-state index contributed by atoms with van der Waals surface area (Å²) in [5.74, 6) is -0.174. The number of anilines is 1. The molecule has 2 aliphatic rings. The minimum Gasteiger partial charge on any atom is -0.462 e. The number of amides is 1. The topological polar surface area (TPSA) is 92.8 Å². The lowest BCUT2D eigenvalue weighted by molar-refractivity contribution is 0.0527. The first-order chi connectivity index (χ1) is 15.7. The molecule has 0 saturated carbocycles. The zero-order chi connectivity index (χ0) is 23.8. The summed E-state index contributed by atoms with van der Waals surface area (Å²) in [6, 6.07) is 6.00. The van der Waals surface area contributed by atoms with Crippen LogP contribution in [-0.2, 0) is 27.6 Å². The molecular weight excluding hydrogens is 460 g/mol. The highest BCUT2D eigenvalue weighted by molar-refractivity contribution is 7.89. The van der Waals surface area contributed by atoms with Gasteiger partial charge in [-0.2, -0.15) is 4.31 Å². The number of piperidine rings is 1. The molecule has 2 atom stereocenters. The summed E-state index contributed by atoms with van der Waals surface area (Å²) in [5.41, 5.74) is 1.76. The zero-order valence-electron chi connectivity index (χ0n) is 19.2. The maximum Gasteiger partial charge on any atom is 0.341 e. The normalized spacial score (nSPS) is 20.9. The highest BCUT2D eigenvalue weighted by atomic mass is 32.2. The number of hydrogen-bond donors (Lipinski definition) is 1. The van der Waals surface area contributed by atoms with Gasteiger partial charge in [0.1, 0.15) is 5.00 Å². The summed E-state index contributed by atoms with van der Waals surface area (Å²) in [6.07, 6.45) is 3.70. The van der Waals surface area contributed by atoms with Crippen LogP contribution in [0.1, 0.15) is 64.8 Å². The van der Waals surface area contributed by atoms with Crippen LogP contribution in [0.4, 0.5) is 5.00 Å². The van der Waals surface area contributed by atoms with E-state index in [4.69, 9.17) is 4.74 Å². The maximum absolute atomic E-state index is 13.1. The number of nitrogens with zero attached hydrogens (tertiary/aromatic N) is 1. The number of benzene rings is 1. The summed E-state index contributed by atoms with van der Waals surface area (Å²) in [7, 11) is -3.61. The predicted molar refractivity (Wildman–Crippen MR) is 128 cm³/mol. The Morgan fingerprint density at radius 2 is 1.79 bits per heavy atom. The smallest absolute Gasteiger partial charge is 0.341 e. The number of esters is 1. The maximum atomic E-state index is 13.1. The third-order valence-corrected chi connectivity index (χ3v) is 9.27. The molecule has 1 aromatic heterocycles. The lowest BCUT2D eigenvalue weighted by atomic mass is 9.94. The lowest BCUT2D eigenvalue weighted by Gasteiger charge is -2.34. The number of carbonyl (C=O) groups excluding carboxylic acids is 2. The predicted octanol–water partition coefficient (Wildman–Crippen LogP) is 4.33. The number of rotatable bonds is 6. The fourth-order valence-corrected chi connectivity index (χ4v) is 7.77. The fourth-order valence-electron chi connectivity index (χ4n) is 4.82. The Labute approximate surface area is 199 Å². The minimum absolute atomic E-state index is 0.183. The summed E-state index contributed by atoms with van der Waals surface area (Å²) < 4.78 is 32.9. The molecule has 1 aliphatic carbocycles. The number of fused-ring (bicyclic) bond motifs is 1. The van der Waals surface area contributed by atoms with Crippen LogP contribution in [0.5, 0.6) is 0 Å². The van der Waals surface area contributed by atoms with E-state index < -0.39 is 16.0 Å².